The van der Waals surface area contributed by atoms with Crippen LogP contribution in [0.3, 0.4) is 0 Å². The minimum Gasteiger partial charge on any atom is -0.497 e. The summed E-state index contributed by atoms with van der Waals surface area (Å²) in [5, 5.41) is 0. The van der Waals surface area contributed by atoms with E-state index in [0.717, 1.165) is 50.1 Å². The van der Waals surface area contributed by atoms with Crippen LogP contribution in [0.25, 0.3) is 0 Å². The highest BCUT2D eigenvalue weighted by molar-refractivity contribution is 5.83. The van der Waals surface area contributed by atoms with Gasteiger partial charge in [0.15, 0.2) is 0 Å². The molecule has 1 heterocycles. The molecule has 0 bridgehead atoms. The van der Waals surface area contributed by atoms with Gasteiger partial charge in [0.05, 0.1) is 7.11 Å². The Kier molecular flexibility index (Phi) is 5.65. The predicted molar refractivity (Wildman–Crippen MR) is 108 cm³/mol. The molecule has 0 aromatic heterocycles. The molecule has 1 amide bonds. The van der Waals surface area contributed by atoms with Crippen LogP contribution in [0.4, 0.5) is 4.39 Å². The number of likely N-dealkylation sites (tertiary alicyclic amines) is 1. The van der Waals surface area contributed by atoms with E-state index < -0.39 is 0 Å². The second-order valence-corrected chi connectivity index (χ2v) is 8.16. The van der Waals surface area contributed by atoms with Crippen LogP contribution in [0.2, 0.25) is 0 Å². The van der Waals surface area contributed by atoms with E-state index in [-0.39, 0.29) is 17.7 Å². The summed E-state index contributed by atoms with van der Waals surface area (Å²) in [5.41, 5.74) is 2.44. The van der Waals surface area contributed by atoms with Gasteiger partial charge in [-0.25, -0.2) is 4.39 Å². The third-order valence-corrected chi connectivity index (χ3v) is 6.33. The van der Waals surface area contributed by atoms with Crippen LogP contribution in [-0.4, -0.2) is 31.0 Å². The number of benzene rings is 2. The number of amides is 1. The monoisotopic (exact) mass is 381 g/mol. The molecule has 4 heteroatoms. The van der Waals surface area contributed by atoms with E-state index in [1.807, 2.05) is 24.3 Å². The van der Waals surface area contributed by atoms with Gasteiger partial charge in [-0.15, -0.1) is 0 Å². The molecule has 2 aromatic carbocycles. The Balaban J connectivity index is 1.22. The van der Waals surface area contributed by atoms with Crippen molar-refractivity contribution in [2.24, 2.45) is 11.8 Å². The molecule has 2 aromatic rings. The van der Waals surface area contributed by atoms with Crippen LogP contribution < -0.4 is 4.74 Å². The fourth-order valence-corrected chi connectivity index (χ4v) is 4.39. The van der Waals surface area contributed by atoms with E-state index in [1.165, 1.54) is 24.1 Å². The minimum atomic E-state index is -0.219. The molecule has 0 N–H and O–H groups in total. The lowest BCUT2D eigenvalue weighted by Gasteiger charge is -2.32. The molecule has 2 unspecified atom stereocenters. The van der Waals surface area contributed by atoms with Crippen molar-refractivity contribution < 1.29 is 13.9 Å². The Morgan fingerprint density at radius 3 is 2.39 bits per heavy atom. The number of aryl methyl sites for hydroxylation is 1. The second kappa shape index (κ2) is 8.34. The van der Waals surface area contributed by atoms with Crippen molar-refractivity contribution in [1.82, 2.24) is 4.90 Å². The lowest BCUT2D eigenvalue weighted by atomic mass is 9.90. The van der Waals surface area contributed by atoms with Crippen LogP contribution in [0, 0.1) is 17.7 Å². The molecule has 1 aliphatic carbocycles. The van der Waals surface area contributed by atoms with Gasteiger partial charge in [-0.05, 0) is 79.3 Å². The Hall–Kier alpha value is -2.36. The van der Waals surface area contributed by atoms with Gasteiger partial charge in [-0.1, -0.05) is 24.3 Å². The largest absolute Gasteiger partial charge is 0.497 e. The summed E-state index contributed by atoms with van der Waals surface area (Å²) in [6, 6.07) is 14.9. The first-order valence-corrected chi connectivity index (χ1v) is 10.3. The van der Waals surface area contributed by atoms with Crippen molar-refractivity contribution in [1.29, 1.82) is 0 Å². The summed E-state index contributed by atoms with van der Waals surface area (Å²) in [5.74, 6) is 2.04. The number of rotatable bonds is 6. The number of nitrogens with zero attached hydrogens (tertiary/aromatic N) is 1. The first-order chi connectivity index (χ1) is 13.6. The quantitative estimate of drug-likeness (QED) is 0.719. The van der Waals surface area contributed by atoms with E-state index in [1.54, 1.807) is 7.11 Å². The zero-order chi connectivity index (χ0) is 19.5. The maximum absolute atomic E-state index is 13.1. The molecular formula is C24H28FNO2. The van der Waals surface area contributed by atoms with Crippen LogP contribution in [0.1, 0.15) is 42.7 Å². The lowest BCUT2D eigenvalue weighted by Crippen LogP contribution is -2.39. The first kappa shape index (κ1) is 19.0. The molecule has 1 saturated carbocycles. The van der Waals surface area contributed by atoms with E-state index in [9.17, 15) is 9.18 Å². The molecule has 1 saturated heterocycles. The fraction of sp³-hybridized carbons (Fsp3) is 0.458. The Morgan fingerprint density at radius 2 is 1.75 bits per heavy atom. The zero-order valence-electron chi connectivity index (χ0n) is 16.4. The Bertz CT molecular complexity index is 794. The second-order valence-electron chi connectivity index (χ2n) is 8.16. The predicted octanol–water partition coefficient (Wildman–Crippen LogP) is 4.81. The number of piperidine rings is 1. The van der Waals surface area contributed by atoms with Crippen molar-refractivity contribution in [3.8, 4) is 5.75 Å². The van der Waals surface area contributed by atoms with Gasteiger partial charge < -0.3 is 9.64 Å². The number of ether oxygens (including phenoxy) is 1. The third kappa shape index (κ3) is 4.37. The molecular weight excluding hydrogens is 353 g/mol. The number of halogens is 1. The highest BCUT2D eigenvalue weighted by atomic mass is 19.1. The summed E-state index contributed by atoms with van der Waals surface area (Å²) in [7, 11) is 1.69. The normalized spacial score (nSPS) is 22.1. The first-order valence-electron chi connectivity index (χ1n) is 10.3. The van der Waals surface area contributed by atoms with Gasteiger partial charge in [0.2, 0.25) is 5.91 Å². The summed E-state index contributed by atoms with van der Waals surface area (Å²) < 4.78 is 18.3. The summed E-state index contributed by atoms with van der Waals surface area (Å²) in [6.07, 6.45) is 5.35. The third-order valence-electron chi connectivity index (χ3n) is 6.33. The number of hydrogen-bond acceptors (Lipinski definition) is 2. The summed E-state index contributed by atoms with van der Waals surface area (Å²) >= 11 is 0. The average molecular weight is 381 g/mol. The van der Waals surface area contributed by atoms with Crippen LogP contribution in [-0.2, 0) is 11.2 Å². The zero-order valence-corrected chi connectivity index (χ0v) is 16.4. The molecule has 0 spiro atoms. The van der Waals surface area contributed by atoms with E-state index >= 15 is 0 Å². The van der Waals surface area contributed by atoms with E-state index in [2.05, 4.69) is 17.0 Å². The van der Waals surface area contributed by atoms with Crippen LogP contribution in [0.5, 0.6) is 5.75 Å². The summed E-state index contributed by atoms with van der Waals surface area (Å²) in [4.78, 5) is 14.9. The highest BCUT2D eigenvalue weighted by Gasteiger charge is 2.46. The summed E-state index contributed by atoms with van der Waals surface area (Å²) in [6.45, 7) is 1.75. The molecule has 3 nitrogen and oxygen atoms in total. The van der Waals surface area contributed by atoms with Gasteiger partial charge in [0.25, 0.3) is 0 Å². The topological polar surface area (TPSA) is 29.5 Å². The van der Waals surface area contributed by atoms with Crippen molar-refractivity contribution in [3.05, 3.63) is 65.5 Å². The standard InChI is InChI=1S/C24H28FNO2/c1-28-21-10-4-17(5-11-21)2-3-18-12-14-26(15-13-18)24(27)23-16-22(23)19-6-8-20(25)9-7-19/h4-11,18,22-23H,2-3,12-16H2,1H3. The van der Waals surface area contributed by atoms with E-state index in [0.29, 0.717) is 11.8 Å². The molecule has 148 valence electrons. The van der Waals surface area contributed by atoms with Crippen LogP contribution in [0.15, 0.2) is 48.5 Å². The van der Waals surface area contributed by atoms with Crippen LogP contribution >= 0.6 is 0 Å². The van der Waals surface area contributed by atoms with Gasteiger partial charge in [0.1, 0.15) is 11.6 Å². The molecule has 4 rings (SSSR count). The van der Waals surface area contributed by atoms with Crippen molar-refractivity contribution in [3.63, 3.8) is 0 Å². The molecule has 1 aliphatic heterocycles. The van der Waals surface area contributed by atoms with Gasteiger partial charge in [0, 0.05) is 19.0 Å². The number of carbonyl (C=O) groups excluding carboxylic acids is 1. The van der Waals surface area contributed by atoms with Gasteiger partial charge >= 0.3 is 0 Å². The Labute approximate surface area is 166 Å². The van der Waals surface area contributed by atoms with E-state index in [4.69, 9.17) is 4.74 Å². The van der Waals surface area contributed by atoms with Crippen molar-refractivity contribution in [2.75, 3.05) is 20.2 Å². The van der Waals surface area contributed by atoms with Crippen molar-refractivity contribution in [2.45, 2.75) is 38.0 Å². The maximum atomic E-state index is 13.1. The SMILES string of the molecule is COc1ccc(CCC2CCN(C(=O)C3CC3c3ccc(F)cc3)CC2)cc1. The molecule has 2 fully saturated rings. The smallest absolute Gasteiger partial charge is 0.226 e. The Morgan fingerprint density at radius 1 is 1.07 bits per heavy atom. The molecule has 0 radical (unpaired) electrons. The molecule has 2 atom stereocenters. The number of methoxy groups -OCH3 is 1. The highest BCUT2D eigenvalue weighted by Crippen LogP contribution is 2.48. The van der Waals surface area contributed by atoms with Gasteiger partial charge in [-0.2, -0.15) is 0 Å². The minimum absolute atomic E-state index is 0.0984. The maximum Gasteiger partial charge on any atom is 0.226 e. The fourth-order valence-electron chi connectivity index (χ4n) is 4.39. The molecule has 2 aliphatic rings. The lowest BCUT2D eigenvalue weighted by molar-refractivity contribution is -0.134. The van der Waals surface area contributed by atoms with Crippen molar-refractivity contribution >= 4 is 5.91 Å². The number of hydrogen-bond donors (Lipinski definition) is 0. The molecule has 28 heavy (non-hydrogen) atoms. The average Bonchev–Trinajstić information content (AvgIpc) is 3.54. The van der Waals surface area contributed by atoms with Gasteiger partial charge in [-0.3, -0.25) is 4.79 Å². The number of carbonyl (C=O) groups is 1.